The zero-order valence-electron chi connectivity index (χ0n) is 16.2. The third-order valence-electron chi connectivity index (χ3n) is 5.56. The fraction of sp³-hybridized carbons (Fsp3) is 0.435. The number of ether oxygens (including phenoxy) is 2. The fourth-order valence-corrected chi connectivity index (χ4v) is 3.97. The lowest BCUT2D eigenvalue weighted by Gasteiger charge is -2.31. The molecule has 2 aliphatic heterocycles. The van der Waals surface area contributed by atoms with Crippen molar-refractivity contribution in [2.45, 2.75) is 25.7 Å². The molecule has 0 unspecified atom stereocenters. The standard InChI is InChI=1S/C23H28N2O3/c26-23(24-20-6-7-21-22(17-20)28-15-14-27-21)10-13-25-11-8-19(9-12-25)16-18-4-2-1-3-5-18/h1-7,17,19H,8-16H2,(H,24,26). The van der Waals surface area contributed by atoms with Crippen LogP contribution < -0.4 is 14.8 Å². The number of nitrogens with one attached hydrogen (secondary N) is 1. The molecule has 2 heterocycles. The first-order valence-electron chi connectivity index (χ1n) is 10.2. The molecule has 2 aliphatic rings. The van der Waals surface area contributed by atoms with Gasteiger partial charge < -0.3 is 19.7 Å². The van der Waals surface area contributed by atoms with E-state index < -0.39 is 0 Å². The van der Waals surface area contributed by atoms with Crippen LogP contribution >= 0.6 is 0 Å². The lowest BCUT2D eigenvalue weighted by atomic mass is 9.90. The average Bonchev–Trinajstić information content (AvgIpc) is 2.74. The second-order valence-corrected chi connectivity index (χ2v) is 7.63. The topological polar surface area (TPSA) is 50.8 Å². The minimum absolute atomic E-state index is 0.0445. The number of benzene rings is 2. The minimum Gasteiger partial charge on any atom is -0.486 e. The van der Waals surface area contributed by atoms with E-state index in [1.807, 2.05) is 18.2 Å². The molecule has 2 aromatic rings. The van der Waals surface area contributed by atoms with Crippen LogP contribution in [0.1, 0.15) is 24.8 Å². The van der Waals surface area contributed by atoms with Crippen molar-refractivity contribution in [2.75, 3.05) is 38.2 Å². The highest BCUT2D eigenvalue weighted by atomic mass is 16.6. The molecule has 5 nitrogen and oxygen atoms in total. The molecule has 0 atom stereocenters. The van der Waals surface area contributed by atoms with Crippen molar-refractivity contribution in [1.29, 1.82) is 0 Å². The predicted octanol–water partition coefficient (Wildman–Crippen LogP) is 3.74. The summed E-state index contributed by atoms with van der Waals surface area (Å²) >= 11 is 0. The summed E-state index contributed by atoms with van der Waals surface area (Å²) < 4.78 is 11.1. The van der Waals surface area contributed by atoms with Crippen molar-refractivity contribution in [3.8, 4) is 11.5 Å². The largest absolute Gasteiger partial charge is 0.486 e. The van der Waals surface area contributed by atoms with Gasteiger partial charge in [-0.1, -0.05) is 30.3 Å². The molecule has 148 valence electrons. The van der Waals surface area contributed by atoms with Crippen LogP contribution in [0.4, 0.5) is 5.69 Å². The van der Waals surface area contributed by atoms with Gasteiger partial charge in [-0.05, 0) is 56.0 Å². The lowest BCUT2D eigenvalue weighted by molar-refractivity contribution is -0.116. The van der Waals surface area contributed by atoms with Crippen molar-refractivity contribution >= 4 is 11.6 Å². The number of hydrogen-bond donors (Lipinski definition) is 1. The Balaban J connectivity index is 1.18. The number of carbonyl (C=O) groups is 1. The van der Waals surface area contributed by atoms with E-state index in [-0.39, 0.29) is 5.91 Å². The van der Waals surface area contributed by atoms with E-state index in [2.05, 4.69) is 40.5 Å². The summed E-state index contributed by atoms with van der Waals surface area (Å²) in [6, 6.07) is 16.3. The van der Waals surface area contributed by atoms with Gasteiger partial charge in [0.15, 0.2) is 11.5 Å². The first-order chi connectivity index (χ1) is 13.8. The minimum atomic E-state index is 0.0445. The van der Waals surface area contributed by atoms with Gasteiger partial charge in [-0.15, -0.1) is 0 Å². The normalized spacial score (nSPS) is 17.3. The summed E-state index contributed by atoms with van der Waals surface area (Å²) in [4.78, 5) is 14.7. The van der Waals surface area contributed by atoms with E-state index in [9.17, 15) is 4.79 Å². The number of piperidine rings is 1. The Morgan fingerprint density at radius 2 is 1.75 bits per heavy atom. The highest BCUT2D eigenvalue weighted by Gasteiger charge is 2.20. The molecule has 1 N–H and O–H groups in total. The van der Waals surface area contributed by atoms with Gasteiger partial charge in [0.05, 0.1) is 0 Å². The van der Waals surface area contributed by atoms with Crippen LogP contribution in [0, 0.1) is 5.92 Å². The first-order valence-corrected chi connectivity index (χ1v) is 10.2. The second-order valence-electron chi connectivity index (χ2n) is 7.63. The predicted molar refractivity (Wildman–Crippen MR) is 110 cm³/mol. The monoisotopic (exact) mass is 380 g/mol. The molecule has 0 aromatic heterocycles. The van der Waals surface area contributed by atoms with Crippen molar-refractivity contribution in [2.24, 2.45) is 5.92 Å². The van der Waals surface area contributed by atoms with Crippen LogP contribution in [-0.2, 0) is 11.2 Å². The summed E-state index contributed by atoms with van der Waals surface area (Å²) in [5, 5.41) is 2.97. The van der Waals surface area contributed by atoms with E-state index in [4.69, 9.17) is 9.47 Å². The van der Waals surface area contributed by atoms with Gasteiger partial charge in [0, 0.05) is 24.7 Å². The second kappa shape index (κ2) is 9.11. The third kappa shape index (κ3) is 5.04. The summed E-state index contributed by atoms with van der Waals surface area (Å²) in [6.07, 6.45) is 4.09. The summed E-state index contributed by atoms with van der Waals surface area (Å²) in [6.45, 7) is 4.09. The lowest BCUT2D eigenvalue weighted by Crippen LogP contribution is -2.36. The fourth-order valence-electron chi connectivity index (χ4n) is 3.97. The average molecular weight is 380 g/mol. The number of nitrogens with zero attached hydrogens (tertiary/aromatic N) is 1. The molecule has 0 saturated carbocycles. The highest BCUT2D eigenvalue weighted by molar-refractivity contribution is 5.91. The highest BCUT2D eigenvalue weighted by Crippen LogP contribution is 2.32. The molecule has 0 aliphatic carbocycles. The summed E-state index contributed by atoms with van der Waals surface area (Å²) in [5.41, 5.74) is 2.19. The zero-order valence-corrected chi connectivity index (χ0v) is 16.2. The maximum Gasteiger partial charge on any atom is 0.225 e. The van der Waals surface area contributed by atoms with E-state index in [0.29, 0.717) is 25.4 Å². The molecule has 0 spiro atoms. The number of carbonyl (C=O) groups excluding carboxylic acids is 1. The molecule has 1 fully saturated rings. The van der Waals surface area contributed by atoms with Crippen molar-refractivity contribution in [3.63, 3.8) is 0 Å². The smallest absolute Gasteiger partial charge is 0.225 e. The van der Waals surface area contributed by atoms with Crippen LogP contribution in [0.15, 0.2) is 48.5 Å². The van der Waals surface area contributed by atoms with Gasteiger partial charge in [-0.3, -0.25) is 4.79 Å². The third-order valence-corrected chi connectivity index (χ3v) is 5.56. The van der Waals surface area contributed by atoms with Crippen LogP contribution in [-0.4, -0.2) is 43.7 Å². The van der Waals surface area contributed by atoms with Gasteiger partial charge in [0.1, 0.15) is 13.2 Å². The number of fused-ring (bicyclic) bond motifs is 1. The molecule has 1 amide bonds. The zero-order chi connectivity index (χ0) is 19.2. The van der Waals surface area contributed by atoms with Crippen molar-refractivity contribution in [1.82, 2.24) is 4.90 Å². The Morgan fingerprint density at radius 3 is 2.54 bits per heavy atom. The van der Waals surface area contributed by atoms with Crippen LogP contribution in [0.25, 0.3) is 0 Å². The Bertz CT molecular complexity index is 786. The van der Waals surface area contributed by atoms with E-state index in [0.717, 1.165) is 37.0 Å². The molecular formula is C23H28N2O3. The van der Waals surface area contributed by atoms with E-state index in [1.54, 1.807) is 0 Å². The van der Waals surface area contributed by atoms with Crippen LogP contribution in [0.2, 0.25) is 0 Å². The quantitative estimate of drug-likeness (QED) is 0.829. The molecule has 5 heteroatoms. The molecule has 2 aromatic carbocycles. The maximum absolute atomic E-state index is 12.3. The van der Waals surface area contributed by atoms with E-state index in [1.165, 1.54) is 24.8 Å². The molecule has 0 bridgehead atoms. The first kappa shape index (κ1) is 18.8. The van der Waals surface area contributed by atoms with Gasteiger partial charge in [0.2, 0.25) is 5.91 Å². The Morgan fingerprint density at radius 1 is 1.00 bits per heavy atom. The Labute approximate surface area is 166 Å². The van der Waals surface area contributed by atoms with Crippen LogP contribution in [0.5, 0.6) is 11.5 Å². The molecular weight excluding hydrogens is 352 g/mol. The molecule has 28 heavy (non-hydrogen) atoms. The van der Waals surface area contributed by atoms with Gasteiger partial charge in [-0.2, -0.15) is 0 Å². The number of hydrogen-bond acceptors (Lipinski definition) is 4. The van der Waals surface area contributed by atoms with Crippen LogP contribution in [0.3, 0.4) is 0 Å². The summed E-state index contributed by atoms with van der Waals surface area (Å²) in [7, 11) is 0. The van der Waals surface area contributed by atoms with Gasteiger partial charge in [0.25, 0.3) is 0 Å². The SMILES string of the molecule is O=C(CCN1CCC(Cc2ccccc2)CC1)Nc1ccc2c(c1)OCCO2. The molecule has 0 radical (unpaired) electrons. The Hall–Kier alpha value is -2.53. The van der Waals surface area contributed by atoms with Gasteiger partial charge >= 0.3 is 0 Å². The Kier molecular flexibility index (Phi) is 6.12. The molecule has 4 rings (SSSR count). The molecule has 1 saturated heterocycles. The van der Waals surface area contributed by atoms with Crippen molar-refractivity contribution < 1.29 is 14.3 Å². The van der Waals surface area contributed by atoms with Crippen molar-refractivity contribution in [3.05, 3.63) is 54.1 Å². The number of amides is 1. The number of likely N-dealkylation sites (tertiary alicyclic amines) is 1. The van der Waals surface area contributed by atoms with E-state index >= 15 is 0 Å². The number of rotatable bonds is 6. The maximum atomic E-state index is 12.3. The summed E-state index contributed by atoms with van der Waals surface area (Å²) in [5.74, 6) is 2.24. The number of anilines is 1. The van der Waals surface area contributed by atoms with Gasteiger partial charge in [-0.25, -0.2) is 0 Å².